The Morgan fingerprint density at radius 1 is 0.427 bits per heavy atom. The summed E-state index contributed by atoms with van der Waals surface area (Å²) < 4.78 is 102. The molecular formula is C71H76F6N16O10. The Morgan fingerprint density at radius 2 is 0.767 bits per heavy atom. The predicted molar refractivity (Wildman–Crippen MR) is 362 cm³/mol. The van der Waals surface area contributed by atoms with Gasteiger partial charge in [0.05, 0.1) is 41.3 Å². The molecule has 9 aromatic rings. The number of halogens is 6. The molecule has 32 heteroatoms. The van der Waals surface area contributed by atoms with Crippen molar-refractivity contribution in [1.29, 1.82) is 0 Å². The zero-order valence-electron chi connectivity index (χ0n) is 56.4. The van der Waals surface area contributed by atoms with Gasteiger partial charge in [0.15, 0.2) is 35.1 Å². The van der Waals surface area contributed by atoms with Gasteiger partial charge in [0.25, 0.3) is 0 Å². The van der Waals surface area contributed by atoms with Gasteiger partial charge in [0.1, 0.15) is 35.3 Å². The van der Waals surface area contributed by atoms with Gasteiger partial charge in [-0.3, -0.25) is 9.59 Å². The molecule has 0 bridgehead atoms. The second-order valence-electron chi connectivity index (χ2n) is 24.0. The molecule has 3 saturated heterocycles. The van der Waals surface area contributed by atoms with E-state index in [1.165, 1.54) is 82.0 Å². The number of nitrogen functional groups attached to an aromatic ring is 1. The molecule has 12 rings (SSSR count). The van der Waals surface area contributed by atoms with E-state index < -0.39 is 44.1 Å². The number of benzene rings is 3. The lowest BCUT2D eigenvalue weighted by atomic mass is 10.0. The molecule has 3 N–H and O–H groups in total. The number of alkyl halides is 6. The second-order valence-corrected chi connectivity index (χ2v) is 24.0. The third-order valence-corrected chi connectivity index (χ3v) is 16.7. The Labute approximate surface area is 588 Å². The number of hydrogen-bond acceptors (Lipinski definition) is 25. The zero-order chi connectivity index (χ0) is 73.0. The summed E-state index contributed by atoms with van der Waals surface area (Å²) in [5, 5.41) is 58.1. The molecule has 0 radical (unpaired) electrons. The molecule has 0 spiro atoms. The SMILES string of the molecule is COC(C(=O)O)c1cccc(OC(F)F)c1.CO[C@@H](C(=O)Cc1ccc(N2CC[C@@H](Cc3cccnn3)C2)nn1)c1cccc(OC(F)F)c1.CO[C@H](C(=O)Cc1ccc(N2CC[C@@H](Cc3cccnn3)C2)nn1)c1cccc(OC(F)F)c1.Nc1ccc(N2CC[C@@H](Cc3cccnn3)C2)nn1. The van der Waals surface area contributed by atoms with Crippen molar-refractivity contribution in [3.05, 3.63) is 209 Å². The molecular weight excluding hydrogens is 1350 g/mol. The average Bonchev–Trinajstić information content (AvgIpc) is 1.81. The van der Waals surface area contributed by atoms with Crippen LogP contribution in [0.1, 0.15) is 82.7 Å². The molecule has 3 aromatic carbocycles. The molecule has 3 fully saturated rings. The fraction of sp³-hybridized carbons (Fsp3) is 0.366. The molecule has 26 nitrogen and oxygen atoms in total. The number of hydrogen-bond donors (Lipinski definition) is 2. The molecule has 103 heavy (non-hydrogen) atoms. The highest BCUT2D eigenvalue weighted by Crippen LogP contribution is 2.31. The van der Waals surface area contributed by atoms with E-state index in [1.807, 2.05) is 54.6 Å². The number of Topliss-reactive ketones (excluding diaryl/α,β-unsaturated/α-hetero) is 2. The van der Waals surface area contributed by atoms with Crippen LogP contribution in [0.25, 0.3) is 0 Å². The topological polar surface area (TPSA) is 317 Å². The number of methoxy groups -OCH3 is 3. The van der Waals surface area contributed by atoms with Crippen LogP contribution in [0.2, 0.25) is 0 Å². The molecule has 6 atom stereocenters. The molecule has 0 amide bonds. The maximum absolute atomic E-state index is 12.8. The third-order valence-electron chi connectivity index (χ3n) is 16.7. The second kappa shape index (κ2) is 38.7. The fourth-order valence-electron chi connectivity index (χ4n) is 12.0. The number of nitrogens with two attached hydrogens (primary N) is 1. The van der Waals surface area contributed by atoms with Gasteiger partial charge >= 0.3 is 25.8 Å². The van der Waals surface area contributed by atoms with E-state index in [0.717, 1.165) is 112 Å². The Balaban J connectivity index is 0.000000167. The maximum Gasteiger partial charge on any atom is 0.387 e. The Morgan fingerprint density at radius 3 is 1.05 bits per heavy atom. The molecule has 3 aliphatic heterocycles. The largest absolute Gasteiger partial charge is 0.479 e. The molecule has 542 valence electrons. The zero-order valence-corrected chi connectivity index (χ0v) is 56.4. The van der Waals surface area contributed by atoms with Crippen molar-refractivity contribution in [3.63, 3.8) is 0 Å². The number of ketones is 2. The fourth-order valence-corrected chi connectivity index (χ4v) is 12.0. The lowest BCUT2D eigenvalue weighted by molar-refractivity contribution is -0.149. The van der Waals surface area contributed by atoms with Crippen LogP contribution in [-0.2, 0) is 60.7 Å². The monoisotopic (exact) mass is 1430 g/mol. The summed E-state index contributed by atoms with van der Waals surface area (Å²) in [6.45, 7) is -3.39. The highest BCUT2D eigenvalue weighted by atomic mass is 19.3. The lowest BCUT2D eigenvalue weighted by Crippen LogP contribution is -2.22. The van der Waals surface area contributed by atoms with Gasteiger partial charge in [0.2, 0.25) is 0 Å². The number of carbonyl (C=O) groups excluding carboxylic acids is 2. The highest BCUT2D eigenvalue weighted by molar-refractivity contribution is 5.87. The Hall–Kier alpha value is -11.0. The van der Waals surface area contributed by atoms with Crippen LogP contribution in [0.5, 0.6) is 17.2 Å². The number of carbonyl (C=O) groups is 3. The van der Waals surface area contributed by atoms with E-state index in [9.17, 15) is 40.7 Å². The maximum atomic E-state index is 12.8. The van der Waals surface area contributed by atoms with Crippen molar-refractivity contribution >= 4 is 40.8 Å². The summed E-state index contributed by atoms with van der Waals surface area (Å²) in [5.74, 6) is 2.52. The number of rotatable bonds is 28. The van der Waals surface area contributed by atoms with Crippen LogP contribution in [0, 0.1) is 17.8 Å². The average molecular weight is 1430 g/mol. The summed E-state index contributed by atoms with van der Waals surface area (Å²) >= 11 is 0. The summed E-state index contributed by atoms with van der Waals surface area (Å²) in [5.41, 5.74) is 10.7. The minimum Gasteiger partial charge on any atom is -0.479 e. The first-order valence-corrected chi connectivity index (χ1v) is 32.7. The van der Waals surface area contributed by atoms with E-state index in [1.54, 1.807) is 48.9 Å². The van der Waals surface area contributed by atoms with Gasteiger partial charge in [-0.1, -0.05) is 36.4 Å². The van der Waals surface area contributed by atoms with Crippen LogP contribution in [0.4, 0.5) is 49.6 Å². The summed E-state index contributed by atoms with van der Waals surface area (Å²) in [6, 6.07) is 40.0. The van der Waals surface area contributed by atoms with Crippen LogP contribution in [0.3, 0.4) is 0 Å². The third kappa shape index (κ3) is 23.8. The highest BCUT2D eigenvalue weighted by Gasteiger charge is 2.30. The van der Waals surface area contributed by atoms with Crippen molar-refractivity contribution < 1.29 is 74.3 Å². The number of aliphatic carboxylic acids is 1. The normalized spacial score (nSPS) is 16.3. The quantitative estimate of drug-likeness (QED) is 0.0431. The van der Waals surface area contributed by atoms with Crippen LogP contribution in [0.15, 0.2) is 164 Å². The number of carboxylic acids is 1. The van der Waals surface area contributed by atoms with Gasteiger partial charge in [-0.25, -0.2) is 4.79 Å². The summed E-state index contributed by atoms with van der Waals surface area (Å²) in [7, 11) is 4.01. The van der Waals surface area contributed by atoms with Gasteiger partial charge in [-0.2, -0.15) is 67.1 Å². The van der Waals surface area contributed by atoms with Crippen molar-refractivity contribution in [3.8, 4) is 17.2 Å². The standard InChI is InChI=1S/2C24H25F2N5O3.C13H16N6.C10H10F2O4/c2*1-33-23(17-4-2-6-20(13-17)34-24(25)26)21(32)14-19-7-8-22(30-29-19)31-11-9-16(15-31)12-18-5-3-10-27-28-18;14-12-3-4-13(18-17-12)19-7-5-10(9-19)8-11-2-1-6-15-16-11;1-15-8(9(13)14)6-3-2-4-7(5-6)16-10(11)12/h2*2-8,10,13,16,23-24H,9,11-12,14-15H2,1H3;1-4,6,10H,5,7-9H2,(H2,14,17);2-5,8,10H,1H3,(H,13,14)/t16-,23+;16-,23-;10-;/m000./s1. The van der Waals surface area contributed by atoms with Gasteiger partial charge in [0, 0.05) is 79.2 Å². The van der Waals surface area contributed by atoms with Crippen molar-refractivity contribution in [2.24, 2.45) is 17.8 Å². The Kier molecular flexibility index (Phi) is 28.6. The van der Waals surface area contributed by atoms with E-state index in [4.69, 9.17) is 25.1 Å². The molecule has 1 unspecified atom stereocenters. The van der Waals surface area contributed by atoms with Gasteiger partial charge in [-0.15, -0.1) is 20.4 Å². The number of aromatic nitrogens is 12. The van der Waals surface area contributed by atoms with E-state index in [0.29, 0.717) is 46.1 Å². The lowest BCUT2D eigenvalue weighted by Gasteiger charge is -2.17. The summed E-state index contributed by atoms with van der Waals surface area (Å²) in [6.07, 6.45) is 7.89. The number of carboxylic acid groups (broad SMARTS) is 1. The first kappa shape index (κ1) is 76.2. The van der Waals surface area contributed by atoms with E-state index in [2.05, 4.69) is 90.1 Å². The van der Waals surface area contributed by atoms with Crippen molar-refractivity contribution in [1.82, 2.24) is 61.2 Å². The van der Waals surface area contributed by atoms with Gasteiger partial charge in [-0.05, 0) is 182 Å². The van der Waals surface area contributed by atoms with E-state index in [-0.39, 0.29) is 47.2 Å². The number of anilines is 4. The first-order chi connectivity index (χ1) is 49.9. The molecule has 9 heterocycles. The number of ether oxygens (including phenoxy) is 6. The Bertz CT molecular complexity index is 3900. The summed E-state index contributed by atoms with van der Waals surface area (Å²) in [4.78, 5) is 43.0. The number of nitrogens with zero attached hydrogens (tertiary/aromatic N) is 15. The predicted octanol–water partition coefficient (Wildman–Crippen LogP) is 9.85. The van der Waals surface area contributed by atoms with Crippen LogP contribution < -0.4 is 34.6 Å². The minimum absolute atomic E-state index is 0.00101. The van der Waals surface area contributed by atoms with Crippen molar-refractivity contribution in [2.45, 2.75) is 89.5 Å². The molecule has 6 aromatic heterocycles. The minimum atomic E-state index is -2.95. The molecule has 3 aliphatic rings. The molecule has 0 saturated carbocycles. The van der Waals surface area contributed by atoms with Crippen molar-refractivity contribution in [2.75, 3.05) is 81.0 Å². The van der Waals surface area contributed by atoms with Gasteiger partial charge < -0.3 is 54.0 Å². The van der Waals surface area contributed by atoms with Crippen LogP contribution >= 0.6 is 0 Å². The smallest absolute Gasteiger partial charge is 0.387 e. The molecule has 0 aliphatic carbocycles. The first-order valence-electron chi connectivity index (χ1n) is 32.7. The van der Waals surface area contributed by atoms with E-state index >= 15 is 0 Å². The van der Waals surface area contributed by atoms with Crippen LogP contribution in [-0.4, -0.2) is 164 Å².